The molecular weight excluding hydrogens is 548 g/mol. The first-order chi connectivity index (χ1) is 18.9. The van der Waals surface area contributed by atoms with Crippen LogP contribution in [0.5, 0.6) is 0 Å². The molecule has 0 amide bonds. The van der Waals surface area contributed by atoms with Crippen molar-refractivity contribution >= 4 is 28.5 Å². The van der Waals surface area contributed by atoms with Crippen molar-refractivity contribution in [2.45, 2.75) is 49.8 Å². The van der Waals surface area contributed by atoms with Crippen molar-refractivity contribution in [1.82, 2.24) is 14.5 Å². The summed E-state index contributed by atoms with van der Waals surface area (Å²) < 4.78 is 59.2. The molecule has 2 N–H and O–H groups in total. The number of aromatic nitrogens is 2. The Morgan fingerprint density at radius 2 is 1.82 bits per heavy atom. The molecule has 5 rings (SSSR count). The first-order valence-corrected chi connectivity index (χ1v) is 13.9. The van der Waals surface area contributed by atoms with Gasteiger partial charge in [0.2, 0.25) is 0 Å². The Hall–Kier alpha value is -2.93. The Kier molecular flexibility index (Phi) is 7.73. The molecule has 12 heteroatoms. The summed E-state index contributed by atoms with van der Waals surface area (Å²) in [6.45, 7) is 7.88. The molecule has 214 valence electrons. The van der Waals surface area contributed by atoms with Gasteiger partial charge in [-0.3, -0.25) is 9.47 Å². The highest BCUT2D eigenvalue weighted by Gasteiger charge is 2.39. The number of halogens is 4. The monoisotopic (exact) mass is 578 g/mol. The maximum atomic E-state index is 14.7. The summed E-state index contributed by atoms with van der Waals surface area (Å²) in [7, 11) is 0. The smallest absolute Gasteiger partial charge is 0.396 e. The van der Waals surface area contributed by atoms with E-state index in [4.69, 9.17) is 0 Å². The molecule has 2 aromatic carbocycles. The minimum atomic E-state index is -4.76. The summed E-state index contributed by atoms with van der Waals surface area (Å²) in [6.07, 6.45) is -4.24. The number of rotatable bonds is 5. The lowest BCUT2D eigenvalue weighted by atomic mass is 9.96. The number of nitrogens with zero attached hydrogens (tertiary/aromatic N) is 4. The average molecular weight is 579 g/mol. The SMILES string of the molecule is C=CC(O)N1[C@H](C)CN(c2nc(=O)n3c4c(c(-c5ccc(F)cc5)c(C(F)(F)F)cc24)SC[C@H](CO)C3)C[C@@H]1C. The maximum absolute atomic E-state index is 14.7. The van der Waals surface area contributed by atoms with Crippen molar-refractivity contribution in [3.05, 3.63) is 64.9 Å². The maximum Gasteiger partial charge on any atom is 0.417 e. The molecule has 0 aliphatic carbocycles. The Labute approximate surface area is 232 Å². The number of hydrogen-bond donors (Lipinski definition) is 2. The number of aliphatic hydroxyl groups is 2. The second-order valence-corrected chi connectivity index (χ2v) is 11.4. The number of anilines is 1. The highest BCUT2D eigenvalue weighted by molar-refractivity contribution is 7.99. The summed E-state index contributed by atoms with van der Waals surface area (Å²) >= 11 is 1.15. The predicted molar refractivity (Wildman–Crippen MR) is 147 cm³/mol. The van der Waals surface area contributed by atoms with Crippen molar-refractivity contribution in [3.8, 4) is 11.1 Å². The van der Waals surface area contributed by atoms with E-state index in [1.165, 1.54) is 22.8 Å². The third-order valence-electron chi connectivity index (χ3n) is 7.60. The van der Waals surface area contributed by atoms with Crippen molar-refractivity contribution in [1.29, 1.82) is 0 Å². The standard InChI is InChI=1S/C28H30F4N4O3S/c1-4-22(38)36-15(2)10-34(11-16(36)3)26-20-9-21(28(30,31)32)23(18-5-7-19(29)8-6-18)25-24(20)35(27(39)33-26)12-17(13-37)14-40-25/h4-9,15-17,22,37-38H,1,10-14H2,2-3H3/t15-,16+,17-,22?/m0/s1. The van der Waals surface area contributed by atoms with Gasteiger partial charge >= 0.3 is 11.9 Å². The fraction of sp³-hybridized carbons (Fsp3) is 0.429. The average Bonchev–Trinajstić information content (AvgIpc) is 3.10. The first kappa shape index (κ1) is 28.6. The molecule has 2 aliphatic heterocycles. The van der Waals surface area contributed by atoms with Gasteiger partial charge in [-0.05, 0) is 43.7 Å². The van der Waals surface area contributed by atoms with Gasteiger partial charge < -0.3 is 15.1 Å². The number of thioether (sulfide) groups is 1. The van der Waals surface area contributed by atoms with E-state index in [2.05, 4.69) is 11.6 Å². The van der Waals surface area contributed by atoms with Crippen LogP contribution < -0.4 is 10.6 Å². The molecule has 3 heterocycles. The topological polar surface area (TPSA) is 81.8 Å². The van der Waals surface area contributed by atoms with Crippen molar-refractivity contribution in [3.63, 3.8) is 0 Å². The van der Waals surface area contributed by atoms with Gasteiger partial charge in [0, 0.05) is 65.8 Å². The van der Waals surface area contributed by atoms with Gasteiger partial charge in [-0.15, -0.1) is 11.8 Å². The zero-order chi connectivity index (χ0) is 28.9. The van der Waals surface area contributed by atoms with Crippen LogP contribution in [0, 0.1) is 11.7 Å². The summed E-state index contributed by atoms with van der Waals surface area (Å²) in [5.74, 6) is -0.540. The Bertz CT molecular complexity index is 1480. The fourth-order valence-electron chi connectivity index (χ4n) is 5.84. The van der Waals surface area contributed by atoms with Gasteiger partial charge in [0.15, 0.2) is 0 Å². The van der Waals surface area contributed by atoms with Crippen LogP contribution in [0.1, 0.15) is 19.4 Å². The van der Waals surface area contributed by atoms with Gasteiger partial charge in [0.1, 0.15) is 17.9 Å². The second-order valence-electron chi connectivity index (χ2n) is 10.4. The minimum absolute atomic E-state index is 0.0967. The van der Waals surface area contributed by atoms with E-state index in [9.17, 15) is 32.6 Å². The lowest BCUT2D eigenvalue weighted by molar-refractivity contribution is -0.137. The molecule has 7 nitrogen and oxygen atoms in total. The Morgan fingerprint density at radius 3 is 2.40 bits per heavy atom. The summed E-state index contributed by atoms with van der Waals surface area (Å²) in [4.78, 5) is 21.7. The molecule has 0 saturated carbocycles. The molecule has 4 atom stereocenters. The first-order valence-electron chi connectivity index (χ1n) is 13.0. The van der Waals surface area contributed by atoms with Crippen LogP contribution in [-0.4, -0.2) is 68.4 Å². The van der Waals surface area contributed by atoms with Gasteiger partial charge in [-0.1, -0.05) is 18.7 Å². The van der Waals surface area contributed by atoms with Crippen molar-refractivity contribution in [2.24, 2.45) is 5.92 Å². The van der Waals surface area contributed by atoms with Gasteiger partial charge in [-0.25, -0.2) is 9.18 Å². The van der Waals surface area contributed by atoms with E-state index in [0.29, 0.717) is 18.6 Å². The molecule has 0 spiro atoms. The third-order valence-corrected chi connectivity index (χ3v) is 8.93. The van der Waals surface area contributed by atoms with Crippen LogP contribution in [0.25, 0.3) is 22.0 Å². The summed E-state index contributed by atoms with van der Waals surface area (Å²) in [5.41, 5.74) is -1.17. The quantitative estimate of drug-likeness (QED) is 0.345. The molecule has 1 aromatic heterocycles. The van der Waals surface area contributed by atoms with Crippen molar-refractivity contribution in [2.75, 3.05) is 30.3 Å². The fourth-order valence-corrected chi connectivity index (χ4v) is 7.19. The Balaban J connectivity index is 1.80. The van der Waals surface area contributed by atoms with Crippen LogP contribution in [0.2, 0.25) is 0 Å². The predicted octanol–water partition coefficient (Wildman–Crippen LogP) is 4.34. The molecular formula is C28H30F4N4O3S. The van der Waals surface area contributed by atoms with Crippen LogP contribution in [0.15, 0.2) is 52.7 Å². The largest absolute Gasteiger partial charge is 0.417 e. The van der Waals surface area contributed by atoms with E-state index >= 15 is 0 Å². The zero-order valence-electron chi connectivity index (χ0n) is 22.0. The number of benzene rings is 2. The van der Waals surface area contributed by atoms with Crippen molar-refractivity contribution < 1.29 is 27.8 Å². The van der Waals surface area contributed by atoms with Gasteiger partial charge in [0.25, 0.3) is 0 Å². The van der Waals surface area contributed by atoms with E-state index in [1.807, 2.05) is 18.7 Å². The molecule has 2 aliphatic rings. The molecule has 40 heavy (non-hydrogen) atoms. The van der Waals surface area contributed by atoms with E-state index in [-0.39, 0.29) is 64.1 Å². The van der Waals surface area contributed by atoms with Gasteiger partial charge in [0.05, 0.1) is 11.1 Å². The van der Waals surface area contributed by atoms with E-state index in [1.54, 1.807) is 4.90 Å². The summed E-state index contributed by atoms with van der Waals surface area (Å²) in [5, 5.41) is 20.5. The number of piperazine rings is 1. The number of hydrogen-bond acceptors (Lipinski definition) is 7. The molecule has 1 saturated heterocycles. The molecule has 0 radical (unpaired) electrons. The normalized spacial score (nSPS) is 22.8. The summed E-state index contributed by atoms with van der Waals surface area (Å²) in [6, 6.07) is 5.41. The minimum Gasteiger partial charge on any atom is -0.396 e. The molecule has 0 bridgehead atoms. The lowest BCUT2D eigenvalue weighted by Crippen LogP contribution is -2.60. The Morgan fingerprint density at radius 1 is 1.18 bits per heavy atom. The van der Waals surface area contributed by atoms with Gasteiger partial charge in [-0.2, -0.15) is 18.2 Å². The van der Waals surface area contributed by atoms with E-state index < -0.39 is 29.5 Å². The van der Waals surface area contributed by atoms with E-state index in [0.717, 1.165) is 30.0 Å². The molecule has 1 unspecified atom stereocenters. The number of aliphatic hydroxyl groups excluding tert-OH is 2. The van der Waals surface area contributed by atoms with Crippen LogP contribution in [0.3, 0.4) is 0 Å². The number of alkyl halides is 3. The highest BCUT2D eigenvalue weighted by atomic mass is 32.2. The van der Waals surface area contributed by atoms with Crippen LogP contribution >= 0.6 is 11.8 Å². The molecule has 3 aromatic rings. The third kappa shape index (κ3) is 5.02. The molecule has 1 fully saturated rings. The second kappa shape index (κ2) is 10.8. The highest BCUT2D eigenvalue weighted by Crippen LogP contribution is 2.48. The van der Waals surface area contributed by atoms with Crippen LogP contribution in [-0.2, 0) is 12.7 Å². The zero-order valence-corrected chi connectivity index (χ0v) is 22.8. The van der Waals surface area contributed by atoms with Crippen LogP contribution in [0.4, 0.5) is 23.4 Å². The lowest BCUT2D eigenvalue weighted by Gasteiger charge is -2.46.